The van der Waals surface area contributed by atoms with Crippen LogP contribution in [0.2, 0.25) is 0 Å². The summed E-state index contributed by atoms with van der Waals surface area (Å²) in [5.74, 6) is -2.18. The van der Waals surface area contributed by atoms with Crippen molar-refractivity contribution in [2.24, 2.45) is 5.92 Å². The quantitative estimate of drug-likeness (QED) is 0.614. The number of nitrogens with zero attached hydrogens (tertiary/aromatic N) is 5. The molecule has 2 fully saturated rings. The average molecular weight is 444 g/mol. The molecule has 0 amide bonds. The van der Waals surface area contributed by atoms with Crippen LogP contribution in [0.4, 0.5) is 14.7 Å². The van der Waals surface area contributed by atoms with Gasteiger partial charge in [-0.1, -0.05) is 0 Å². The van der Waals surface area contributed by atoms with Crippen LogP contribution in [-0.2, 0) is 17.7 Å². The van der Waals surface area contributed by atoms with Gasteiger partial charge in [0.1, 0.15) is 12.4 Å². The lowest BCUT2D eigenvalue weighted by Gasteiger charge is -2.27. The van der Waals surface area contributed by atoms with E-state index in [0.29, 0.717) is 35.1 Å². The Kier molecular flexibility index (Phi) is 5.71. The Hall–Kier alpha value is -2.93. The molecule has 4 rings (SSSR count). The van der Waals surface area contributed by atoms with Gasteiger partial charge in [-0.05, 0) is 45.4 Å². The highest BCUT2D eigenvalue weighted by atomic mass is 19.3. The zero-order valence-corrected chi connectivity index (χ0v) is 18.4. The van der Waals surface area contributed by atoms with Crippen LogP contribution in [0.5, 0.6) is 5.88 Å². The molecular weight excluding hydrogens is 418 g/mol. The molecule has 0 bridgehead atoms. The predicted molar refractivity (Wildman–Crippen MR) is 111 cm³/mol. The van der Waals surface area contributed by atoms with E-state index in [1.807, 2.05) is 0 Å². The minimum Gasteiger partial charge on any atom is -0.471 e. The molecule has 10 heteroatoms. The normalized spacial score (nSPS) is 26.7. The van der Waals surface area contributed by atoms with E-state index in [0.717, 1.165) is 26.2 Å². The lowest BCUT2D eigenvalue weighted by molar-refractivity contribution is -0.0245. The molecule has 2 aliphatic rings. The fourth-order valence-electron chi connectivity index (χ4n) is 4.34. The van der Waals surface area contributed by atoms with Crippen molar-refractivity contribution in [3.63, 3.8) is 0 Å². The topological polar surface area (TPSA) is 109 Å². The van der Waals surface area contributed by atoms with Gasteiger partial charge >= 0.3 is 0 Å². The summed E-state index contributed by atoms with van der Waals surface area (Å²) in [5, 5.41) is 12.5. The van der Waals surface area contributed by atoms with E-state index in [4.69, 9.17) is 9.47 Å². The Morgan fingerprint density at radius 3 is 2.84 bits per heavy atom. The first-order valence-corrected chi connectivity index (χ1v) is 10.6. The Balaban J connectivity index is 1.43. The second-order valence-electron chi connectivity index (χ2n) is 9.11. The van der Waals surface area contributed by atoms with Gasteiger partial charge in [0, 0.05) is 19.7 Å². The van der Waals surface area contributed by atoms with E-state index in [2.05, 4.69) is 45.2 Å². The lowest BCUT2D eigenvalue weighted by Crippen LogP contribution is -2.30. The number of hydrogen-bond acceptors (Lipinski definition) is 8. The minimum atomic E-state index is -2.97. The Morgan fingerprint density at radius 2 is 2.12 bits per heavy atom. The van der Waals surface area contributed by atoms with Crippen molar-refractivity contribution in [2.75, 3.05) is 11.9 Å². The minimum absolute atomic E-state index is 0.0147. The lowest BCUT2D eigenvalue weighted by atomic mass is 9.74. The van der Waals surface area contributed by atoms with Gasteiger partial charge < -0.3 is 14.8 Å². The zero-order valence-electron chi connectivity index (χ0n) is 18.4. The summed E-state index contributed by atoms with van der Waals surface area (Å²) < 4.78 is 37.4. The first kappa shape index (κ1) is 22.3. The number of ether oxygens (including phenoxy) is 2. The molecule has 1 saturated carbocycles. The SMILES string of the molecule is CC(F)(F)COc1ncncc1CNc1ncc(C#N)c(C[C@@H]2CCC3(C)OC3(C)C2)n1. The number of fused-ring (bicyclic) bond motifs is 1. The number of nitrogens with one attached hydrogen (secondary N) is 1. The third-order valence-corrected chi connectivity index (χ3v) is 6.35. The summed E-state index contributed by atoms with van der Waals surface area (Å²) in [7, 11) is 0. The molecule has 8 nitrogen and oxygen atoms in total. The molecule has 170 valence electrons. The van der Waals surface area contributed by atoms with Crippen LogP contribution in [0.1, 0.15) is 56.9 Å². The van der Waals surface area contributed by atoms with Crippen LogP contribution in [0.25, 0.3) is 0 Å². The van der Waals surface area contributed by atoms with Gasteiger partial charge in [-0.15, -0.1) is 0 Å². The van der Waals surface area contributed by atoms with E-state index in [9.17, 15) is 14.0 Å². The predicted octanol–water partition coefficient (Wildman–Crippen LogP) is 3.67. The Bertz CT molecular complexity index is 1040. The Labute approximate surface area is 185 Å². The molecule has 1 saturated heterocycles. The maximum Gasteiger partial charge on any atom is 0.278 e. The van der Waals surface area contributed by atoms with Gasteiger partial charge in [0.15, 0.2) is 6.61 Å². The number of hydrogen-bond donors (Lipinski definition) is 1. The number of aromatic nitrogens is 4. The maximum absolute atomic E-state index is 13.1. The van der Waals surface area contributed by atoms with Crippen molar-refractivity contribution in [3.05, 3.63) is 35.5 Å². The van der Waals surface area contributed by atoms with E-state index < -0.39 is 12.5 Å². The van der Waals surface area contributed by atoms with Gasteiger partial charge in [-0.3, -0.25) is 0 Å². The number of epoxide rings is 1. The van der Waals surface area contributed by atoms with Crippen molar-refractivity contribution in [1.29, 1.82) is 5.26 Å². The van der Waals surface area contributed by atoms with Gasteiger partial charge in [0.05, 0.1) is 34.2 Å². The van der Waals surface area contributed by atoms with E-state index >= 15 is 0 Å². The van der Waals surface area contributed by atoms with E-state index in [-0.39, 0.29) is 23.6 Å². The molecule has 3 atom stereocenters. The number of rotatable bonds is 8. The molecule has 0 aromatic carbocycles. The fraction of sp³-hybridized carbons (Fsp3) is 0.591. The third kappa shape index (κ3) is 4.78. The number of halogens is 2. The van der Waals surface area contributed by atoms with Crippen molar-refractivity contribution in [2.45, 2.75) is 70.1 Å². The third-order valence-electron chi connectivity index (χ3n) is 6.35. The van der Waals surface area contributed by atoms with Crippen LogP contribution in [-0.4, -0.2) is 43.7 Å². The molecular formula is C22H26F2N6O2. The highest BCUT2D eigenvalue weighted by Gasteiger charge is 2.65. The molecule has 2 aromatic rings. The summed E-state index contributed by atoms with van der Waals surface area (Å²) >= 11 is 0. The zero-order chi connectivity index (χ0) is 23.0. The van der Waals surface area contributed by atoms with E-state index in [1.165, 1.54) is 18.7 Å². The molecule has 32 heavy (non-hydrogen) atoms. The van der Waals surface area contributed by atoms with Gasteiger partial charge in [-0.25, -0.2) is 28.7 Å². The highest BCUT2D eigenvalue weighted by Crippen LogP contribution is 2.58. The molecule has 0 spiro atoms. The van der Waals surface area contributed by atoms with Gasteiger partial charge in [-0.2, -0.15) is 5.26 Å². The van der Waals surface area contributed by atoms with Gasteiger partial charge in [0.2, 0.25) is 11.8 Å². The Morgan fingerprint density at radius 1 is 1.31 bits per heavy atom. The standard InChI is InChI=1S/C22H26F2N6O2/c1-20-5-4-14(7-21(20,2)32-20)6-17-15(8-25)10-27-19(30-17)28-11-16-9-26-13-29-18(16)31-12-22(3,23)24/h9-10,13-14H,4-7,11-12H2,1-3H3,(H,27,28,30)/t14-,20?,21?/m0/s1. The van der Waals surface area contributed by atoms with Crippen LogP contribution < -0.4 is 10.1 Å². The second kappa shape index (κ2) is 8.20. The summed E-state index contributed by atoms with van der Waals surface area (Å²) in [6.07, 6.45) is 7.86. The highest BCUT2D eigenvalue weighted by molar-refractivity contribution is 5.38. The fourth-order valence-corrected chi connectivity index (χ4v) is 4.34. The van der Waals surface area contributed by atoms with Crippen LogP contribution in [0.3, 0.4) is 0 Å². The monoisotopic (exact) mass is 444 g/mol. The summed E-state index contributed by atoms with van der Waals surface area (Å²) in [5.41, 5.74) is 1.53. The van der Waals surface area contributed by atoms with Gasteiger partial charge in [0.25, 0.3) is 5.92 Å². The first-order chi connectivity index (χ1) is 15.1. The molecule has 3 heterocycles. The number of nitriles is 1. The molecule has 1 aliphatic heterocycles. The molecule has 0 radical (unpaired) electrons. The van der Waals surface area contributed by atoms with Crippen molar-refractivity contribution < 1.29 is 18.3 Å². The average Bonchev–Trinajstić information content (AvgIpc) is 3.32. The van der Waals surface area contributed by atoms with Crippen LogP contribution in [0.15, 0.2) is 18.7 Å². The summed E-state index contributed by atoms with van der Waals surface area (Å²) in [6.45, 7) is 4.49. The smallest absolute Gasteiger partial charge is 0.278 e. The largest absolute Gasteiger partial charge is 0.471 e. The first-order valence-electron chi connectivity index (χ1n) is 10.6. The van der Waals surface area contributed by atoms with Crippen LogP contribution in [0, 0.1) is 17.2 Å². The molecule has 1 aliphatic carbocycles. The number of anilines is 1. The number of alkyl halides is 2. The molecule has 2 unspecified atom stereocenters. The molecule has 1 N–H and O–H groups in total. The summed E-state index contributed by atoms with van der Waals surface area (Å²) in [4.78, 5) is 16.6. The van der Waals surface area contributed by atoms with E-state index in [1.54, 1.807) is 0 Å². The van der Waals surface area contributed by atoms with Crippen molar-refractivity contribution in [3.8, 4) is 11.9 Å². The second-order valence-corrected chi connectivity index (χ2v) is 9.11. The van der Waals surface area contributed by atoms with Crippen LogP contribution >= 0.6 is 0 Å². The summed E-state index contributed by atoms with van der Waals surface area (Å²) in [6, 6.07) is 2.17. The molecule has 2 aromatic heterocycles. The van der Waals surface area contributed by atoms with Crippen molar-refractivity contribution in [1.82, 2.24) is 19.9 Å². The maximum atomic E-state index is 13.1. The van der Waals surface area contributed by atoms with Crippen molar-refractivity contribution >= 4 is 5.95 Å².